The van der Waals surface area contributed by atoms with Crippen LogP contribution in [-0.2, 0) is 29.1 Å². The van der Waals surface area contributed by atoms with E-state index in [2.05, 4.69) is 5.16 Å². The largest absolute Gasteiger partial charge is 0.470 e. The van der Waals surface area contributed by atoms with Gasteiger partial charge in [0.1, 0.15) is 18.0 Å². The second-order valence-electron chi connectivity index (χ2n) is 12.8. The van der Waals surface area contributed by atoms with Crippen LogP contribution in [0.4, 0.5) is 4.39 Å². The van der Waals surface area contributed by atoms with Crippen molar-refractivity contribution < 1.29 is 32.8 Å². The normalized spacial score (nSPS) is 26.0. The summed E-state index contributed by atoms with van der Waals surface area (Å²) in [6.07, 6.45) is 0.490. The zero-order valence-electron chi connectivity index (χ0n) is 26.2. The molecule has 0 amide bonds. The quantitative estimate of drug-likeness (QED) is 0.361. The molecule has 1 fully saturated rings. The van der Waals surface area contributed by atoms with Crippen LogP contribution in [-0.4, -0.2) is 73.2 Å². The van der Waals surface area contributed by atoms with Gasteiger partial charge in [0.15, 0.2) is 22.9 Å². The molecule has 1 heterocycles. The van der Waals surface area contributed by atoms with Gasteiger partial charge in [-0.2, -0.15) is 0 Å². The number of hydrogen-bond acceptors (Lipinski definition) is 9. The molecule has 1 aromatic heterocycles. The first-order valence-corrected chi connectivity index (χ1v) is 14.9. The molecule has 0 radical (unpaired) electrons. The highest BCUT2D eigenvalue weighted by Gasteiger charge is 2.68. The minimum absolute atomic E-state index is 0.0206. The Labute approximate surface area is 256 Å². The smallest absolute Gasteiger partial charge is 0.265 e. The molecule has 5 unspecified atom stereocenters. The molecule has 0 N–H and O–H groups in total. The molecule has 1 saturated carbocycles. The molecule has 44 heavy (non-hydrogen) atoms. The van der Waals surface area contributed by atoms with Crippen molar-refractivity contribution in [2.24, 2.45) is 17.8 Å². The molecule has 232 valence electrons. The number of nitrogens with zero attached hydrogens (tertiary/aromatic N) is 3. The van der Waals surface area contributed by atoms with Gasteiger partial charge in [0.05, 0.1) is 12.0 Å². The van der Waals surface area contributed by atoms with Gasteiger partial charge in [-0.15, -0.1) is 0 Å². The first-order valence-electron chi connectivity index (χ1n) is 14.9. The molecule has 10 heteroatoms. The van der Waals surface area contributed by atoms with E-state index in [1.54, 1.807) is 6.92 Å². The minimum atomic E-state index is -1.96. The monoisotopic (exact) mass is 603 g/mol. The standard InChI is InChI=1S/C34H38FN3O6/c1-17-18(2)24-21(27(35)22(17)15-37(3)4)13-20-14-23-28(38(5)6)30-26(32(41)34(23,42-7)31(40)25(20)29(24)39)33(36-44-30)43-16-19-11-9-8-10-12-19/h8-12,20,23,25,28H,13-16H2,1-7H3. The molecule has 0 saturated heterocycles. The van der Waals surface area contributed by atoms with Crippen molar-refractivity contribution in [3.8, 4) is 5.88 Å². The Kier molecular flexibility index (Phi) is 7.58. The highest BCUT2D eigenvalue weighted by molar-refractivity contribution is 6.27. The Hall–Kier alpha value is -3.73. The van der Waals surface area contributed by atoms with Gasteiger partial charge in [-0.1, -0.05) is 30.3 Å². The van der Waals surface area contributed by atoms with Gasteiger partial charge in [0.25, 0.3) is 5.88 Å². The Morgan fingerprint density at radius 3 is 2.39 bits per heavy atom. The van der Waals surface area contributed by atoms with Gasteiger partial charge < -0.3 is 18.9 Å². The summed E-state index contributed by atoms with van der Waals surface area (Å²) < 4.78 is 33.8. The maximum Gasteiger partial charge on any atom is 0.265 e. The van der Waals surface area contributed by atoms with Crippen molar-refractivity contribution in [1.82, 2.24) is 15.0 Å². The van der Waals surface area contributed by atoms with E-state index < -0.39 is 46.7 Å². The Balaban J connectivity index is 1.45. The van der Waals surface area contributed by atoms with Crippen LogP contribution in [0.15, 0.2) is 34.9 Å². The van der Waals surface area contributed by atoms with Crippen LogP contribution < -0.4 is 4.74 Å². The summed E-state index contributed by atoms with van der Waals surface area (Å²) in [5.41, 5.74) is 1.49. The average molecular weight is 604 g/mol. The number of ketones is 3. The fraction of sp³-hybridized carbons (Fsp3) is 0.471. The van der Waals surface area contributed by atoms with E-state index >= 15 is 4.39 Å². The number of carbonyl (C=O) groups is 3. The van der Waals surface area contributed by atoms with Crippen molar-refractivity contribution in [1.29, 1.82) is 0 Å². The summed E-state index contributed by atoms with van der Waals surface area (Å²) in [7, 11) is 8.74. The summed E-state index contributed by atoms with van der Waals surface area (Å²) in [6, 6.07) is 8.84. The number of ether oxygens (including phenoxy) is 2. The lowest BCUT2D eigenvalue weighted by molar-refractivity contribution is -0.159. The van der Waals surface area contributed by atoms with E-state index in [1.807, 2.05) is 75.2 Å². The summed E-state index contributed by atoms with van der Waals surface area (Å²) in [6.45, 7) is 4.14. The summed E-state index contributed by atoms with van der Waals surface area (Å²) in [5, 5.41) is 4.12. The third-order valence-corrected chi connectivity index (χ3v) is 9.89. The Morgan fingerprint density at radius 1 is 1.05 bits per heavy atom. The van der Waals surface area contributed by atoms with Crippen molar-refractivity contribution in [2.75, 3.05) is 35.3 Å². The molecule has 0 spiro atoms. The molecule has 9 nitrogen and oxygen atoms in total. The molecule has 0 bridgehead atoms. The van der Waals surface area contributed by atoms with E-state index in [1.165, 1.54) is 7.11 Å². The Bertz CT molecular complexity index is 1670. The molecule has 5 atom stereocenters. The van der Waals surface area contributed by atoms with Crippen LogP contribution in [0.25, 0.3) is 0 Å². The van der Waals surface area contributed by atoms with E-state index in [0.29, 0.717) is 34.6 Å². The second-order valence-corrected chi connectivity index (χ2v) is 12.8. The second kappa shape index (κ2) is 11.0. The van der Waals surface area contributed by atoms with Gasteiger partial charge >= 0.3 is 0 Å². The molecule has 0 aliphatic heterocycles. The van der Waals surface area contributed by atoms with Crippen molar-refractivity contribution in [3.63, 3.8) is 0 Å². The predicted molar refractivity (Wildman–Crippen MR) is 159 cm³/mol. The molecule has 3 aromatic rings. The summed E-state index contributed by atoms with van der Waals surface area (Å²) in [5.74, 6) is -4.12. The summed E-state index contributed by atoms with van der Waals surface area (Å²) in [4.78, 5) is 47.2. The third-order valence-electron chi connectivity index (χ3n) is 9.89. The summed E-state index contributed by atoms with van der Waals surface area (Å²) >= 11 is 0. The van der Waals surface area contributed by atoms with E-state index in [4.69, 9.17) is 14.0 Å². The van der Waals surface area contributed by atoms with Crippen molar-refractivity contribution in [3.05, 3.63) is 80.9 Å². The van der Waals surface area contributed by atoms with Gasteiger partial charge in [-0.3, -0.25) is 19.3 Å². The number of rotatable bonds is 7. The number of halogens is 1. The van der Waals surface area contributed by atoms with Gasteiger partial charge in [0.2, 0.25) is 5.78 Å². The van der Waals surface area contributed by atoms with E-state index in [9.17, 15) is 14.4 Å². The molecular weight excluding hydrogens is 565 g/mol. The predicted octanol–water partition coefficient (Wildman–Crippen LogP) is 4.52. The molecule has 3 aliphatic carbocycles. The van der Waals surface area contributed by atoms with Crippen LogP contribution in [0.1, 0.15) is 66.8 Å². The number of fused-ring (bicyclic) bond motifs is 4. The Morgan fingerprint density at radius 2 is 1.75 bits per heavy atom. The van der Waals surface area contributed by atoms with E-state index in [0.717, 1.165) is 5.56 Å². The average Bonchev–Trinajstić information content (AvgIpc) is 3.41. The minimum Gasteiger partial charge on any atom is -0.470 e. The maximum absolute atomic E-state index is 16.1. The fourth-order valence-electron chi connectivity index (χ4n) is 7.80. The number of Topliss-reactive ketones (excluding diaryl/α,β-unsaturated/α-hetero) is 3. The number of benzene rings is 2. The van der Waals surface area contributed by atoms with Crippen LogP contribution >= 0.6 is 0 Å². The molecule has 3 aliphatic rings. The van der Waals surface area contributed by atoms with E-state index in [-0.39, 0.29) is 42.3 Å². The molecule has 2 aromatic carbocycles. The van der Waals surface area contributed by atoms with Crippen LogP contribution in [0.2, 0.25) is 0 Å². The zero-order valence-corrected chi connectivity index (χ0v) is 26.2. The topological polar surface area (TPSA) is 102 Å². The van der Waals surface area contributed by atoms with Crippen LogP contribution in [0.5, 0.6) is 5.88 Å². The highest BCUT2D eigenvalue weighted by atomic mass is 19.1. The van der Waals surface area contributed by atoms with Gasteiger partial charge in [0, 0.05) is 30.7 Å². The molecule has 6 rings (SSSR count). The van der Waals surface area contributed by atoms with Gasteiger partial charge in [-0.25, -0.2) is 4.39 Å². The lowest BCUT2D eigenvalue weighted by Gasteiger charge is -2.52. The number of aromatic nitrogens is 1. The SMILES string of the molecule is COC12C(=O)c3c(OCc4ccccc4)noc3C(N(C)C)C1CC1Cc3c(F)c(CN(C)C)c(C)c(C)c3C(=O)C1C2=O. The zero-order chi connectivity index (χ0) is 31.7. The number of methoxy groups -OCH3 is 1. The third kappa shape index (κ3) is 4.29. The highest BCUT2D eigenvalue weighted by Crippen LogP contribution is 2.56. The lowest BCUT2D eigenvalue weighted by Crippen LogP contribution is -2.67. The fourth-order valence-corrected chi connectivity index (χ4v) is 7.80. The number of carbonyl (C=O) groups excluding carboxylic acids is 3. The lowest BCUT2D eigenvalue weighted by atomic mass is 9.53. The van der Waals surface area contributed by atoms with Crippen LogP contribution in [0, 0.1) is 37.4 Å². The van der Waals surface area contributed by atoms with Crippen LogP contribution in [0.3, 0.4) is 0 Å². The van der Waals surface area contributed by atoms with Crippen molar-refractivity contribution in [2.45, 2.75) is 51.5 Å². The number of hydrogen-bond donors (Lipinski definition) is 0. The van der Waals surface area contributed by atoms with Crippen molar-refractivity contribution >= 4 is 17.3 Å². The first-order chi connectivity index (χ1) is 20.9. The van der Waals surface area contributed by atoms with Gasteiger partial charge in [-0.05, 0) is 88.2 Å². The maximum atomic E-state index is 16.1. The molecular formula is C34H38FN3O6. The first kappa shape index (κ1) is 30.3.